The number of aryl methyl sites for hydroxylation is 1. The number of aliphatic hydroxyl groups excluding tert-OH is 1. The topological polar surface area (TPSA) is 88.6 Å². The van der Waals surface area contributed by atoms with Crippen molar-refractivity contribution < 1.29 is 14.3 Å². The Labute approximate surface area is 167 Å². The number of furan rings is 1. The van der Waals surface area contributed by atoms with Crippen LogP contribution in [0.1, 0.15) is 17.9 Å². The Bertz CT molecular complexity index is 1030. The third-order valence-electron chi connectivity index (χ3n) is 4.31. The van der Waals surface area contributed by atoms with Gasteiger partial charge >= 0.3 is 0 Å². The molecule has 0 bridgehead atoms. The highest BCUT2D eigenvalue weighted by Gasteiger charge is 2.16. The van der Waals surface area contributed by atoms with Gasteiger partial charge in [0.2, 0.25) is 5.91 Å². The molecule has 0 spiro atoms. The Kier molecular flexibility index (Phi) is 6.53. The summed E-state index contributed by atoms with van der Waals surface area (Å²) in [5, 5.41) is 10.2. The van der Waals surface area contributed by atoms with Gasteiger partial charge in [-0.3, -0.25) is 14.2 Å². The zero-order valence-electron chi connectivity index (χ0n) is 15.9. The van der Waals surface area contributed by atoms with E-state index in [1.807, 2.05) is 25.1 Å². The number of aliphatic hydroxyl groups is 1. The molecule has 0 saturated carbocycles. The predicted octanol–water partition coefficient (Wildman–Crippen LogP) is 2.43. The lowest BCUT2D eigenvalue weighted by Gasteiger charge is -2.16. The summed E-state index contributed by atoms with van der Waals surface area (Å²) in [5.74, 6) is 1.59. The minimum atomic E-state index is -0.159. The van der Waals surface area contributed by atoms with Crippen molar-refractivity contribution in [3.8, 4) is 0 Å². The van der Waals surface area contributed by atoms with Gasteiger partial charge in [-0.2, -0.15) is 0 Å². The van der Waals surface area contributed by atoms with Crippen molar-refractivity contribution in [1.29, 1.82) is 0 Å². The maximum atomic E-state index is 12.8. The largest absolute Gasteiger partial charge is 0.464 e. The molecule has 7 nitrogen and oxygen atoms in total. The summed E-state index contributed by atoms with van der Waals surface area (Å²) < 4.78 is 7.05. The van der Waals surface area contributed by atoms with Gasteiger partial charge in [0.15, 0.2) is 5.16 Å². The predicted molar refractivity (Wildman–Crippen MR) is 108 cm³/mol. The van der Waals surface area contributed by atoms with E-state index in [4.69, 9.17) is 9.52 Å². The molecule has 0 radical (unpaired) electrons. The summed E-state index contributed by atoms with van der Waals surface area (Å²) in [6.45, 7) is 2.58. The van der Waals surface area contributed by atoms with Crippen LogP contribution in [0.15, 0.2) is 50.8 Å². The van der Waals surface area contributed by atoms with Gasteiger partial charge in [0.05, 0.1) is 23.2 Å². The third kappa shape index (κ3) is 4.63. The highest BCUT2D eigenvalue weighted by Crippen LogP contribution is 2.19. The number of fused-ring (bicyclic) bond motifs is 1. The monoisotopic (exact) mass is 401 g/mol. The Morgan fingerprint density at radius 1 is 1.29 bits per heavy atom. The van der Waals surface area contributed by atoms with Crippen LogP contribution in [0.2, 0.25) is 0 Å². The smallest absolute Gasteiger partial charge is 0.262 e. The van der Waals surface area contributed by atoms with Gasteiger partial charge in [0.1, 0.15) is 11.5 Å². The van der Waals surface area contributed by atoms with E-state index in [1.165, 1.54) is 16.3 Å². The average molecular weight is 401 g/mol. The summed E-state index contributed by atoms with van der Waals surface area (Å²) in [4.78, 5) is 31.5. The summed E-state index contributed by atoms with van der Waals surface area (Å²) in [5.41, 5.74) is 0.440. The van der Waals surface area contributed by atoms with Gasteiger partial charge in [-0.05, 0) is 37.6 Å². The van der Waals surface area contributed by atoms with Crippen LogP contribution in [0, 0.1) is 6.92 Å². The van der Waals surface area contributed by atoms with Crippen LogP contribution < -0.4 is 5.56 Å². The number of hydrogen-bond donors (Lipinski definition) is 1. The SMILES string of the molecule is Cc1ccc(CN(C)C(=O)CSc2nc3ccccc3c(=O)n2CCCO)o1. The van der Waals surface area contributed by atoms with E-state index in [0.717, 1.165) is 11.5 Å². The Balaban J connectivity index is 1.76. The molecule has 0 atom stereocenters. The first-order chi connectivity index (χ1) is 13.5. The minimum Gasteiger partial charge on any atom is -0.464 e. The van der Waals surface area contributed by atoms with Crippen LogP contribution in [0.5, 0.6) is 0 Å². The number of carbonyl (C=O) groups excluding carboxylic acids is 1. The van der Waals surface area contributed by atoms with E-state index in [0.29, 0.717) is 35.6 Å². The Hall–Kier alpha value is -2.58. The van der Waals surface area contributed by atoms with Gasteiger partial charge in [0.25, 0.3) is 5.56 Å². The van der Waals surface area contributed by atoms with E-state index < -0.39 is 0 Å². The average Bonchev–Trinajstić information content (AvgIpc) is 3.10. The number of amides is 1. The molecule has 0 saturated heterocycles. The normalized spacial score (nSPS) is 11.1. The second kappa shape index (κ2) is 9.07. The first-order valence-corrected chi connectivity index (χ1v) is 10.0. The molecule has 0 fully saturated rings. The first-order valence-electron chi connectivity index (χ1n) is 9.02. The summed E-state index contributed by atoms with van der Waals surface area (Å²) in [6, 6.07) is 10.9. The van der Waals surface area contributed by atoms with Gasteiger partial charge < -0.3 is 14.4 Å². The number of hydrogen-bond acceptors (Lipinski definition) is 6. The molecule has 0 unspecified atom stereocenters. The van der Waals surface area contributed by atoms with Crippen LogP contribution >= 0.6 is 11.8 Å². The molecule has 2 aromatic heterocycles. The van der Waals surface area contributed by atoms with Gasteiger partial charge in [-0.1, -0.05) is 23.9 Å². The number of carbonyl (C=O) groups is 1. The van der Waals surface area contributed by atoms with Crippen LogP contribution in [-0.4, -0.2) is 44.9 Å². The van der Waals surface area contributed by atoms with Gasteiger partial charge in [-0.15, -0.1) is 0 Å². The van der Waals surface area contributed by atoms with Crippen molar-refractivity contribution in [3.05, 3.63) is 58.3 Å². The van der Waals surface area contributed by atoms with Crippen LogP contribution in [0.3, 0.4) is 0 Å². The minimum absolute atomic E-state index is 0.0202. The summed E-state index contributed by atoms with van der Waals surface area (Å²) >= 11 is 1.23. The van der Waals surface area contributed by atoms with Crippen LogP contribution in [0.25, 0.3) is 10.9 Å². The molecule has 0 aliphatic carbocycles. The van der Waals surface area contributed by atoms with E-state index in [-0.39, 0.29) is 23.8 Å². The standard InChI is InChI=1S/C20H23N3O4S/c1-14-8-9-15(27-14)12-22(2)18(25)13-28-20-21-17-7-4-3-6-16(17)19(26)23(20)10-5-11-24/h3-4,6-9,24H,5,10-13H2,1-2H3. The molecule has 1 aromatic carbocycles. The fourth-order valence-electron chi connectivity index (χ4n) is 2.81. The molecule has 1 N–H and O–H groups in total. The number of thioether (sulfide) groups is 1. The lowest BCUT2D eigenvalue weighted by atomic mass is 10.2. The van der Waals surface area contributed by atoms with E-state index in [2.05, 4.69) is 4.98 Å². The van der Waals surface area contributed by atoms with Gasteiger partial charge in [-0.25, -0.2) is 4.98 Å². The van der Waals surface area contributed by atoms with Crippen molar-refractivity contribution in [2.24, 2.45) is 0 Å². The van der Waals surface area contributed by atoms with Crippen molar-refractivity contribution in [2.45, 2.75) is 31.6 Å². The number of aromatic nitrogens is 2. The molecule has 28 heavy (non-hydrogen) atoms. The maximum Gasteiger partial charge on any atom is 0.262 e. The van der Waals surface area contributed by atoms with Crippen molar-refractivity contribution in [3.63, 3.8) is 0 Å². The van der Waals surface area contributed by atoms with Crippen molar-refractivity contribution >= 4 is 28.6 Å². The van der Waals surface area contributed by atoms with E-state index in [1.54, 1.807) is 30.1 Å². The lowest BCUT2D eigenvalue weighted by molar-refractivity contribution is -0.127. The molecular weight excluding hydrogens is 378 g/mol. The highest BCUT2D eigenvalue weighted by molar-refractivity contribution is 7.99. The Morgan fingerprint density at radius 2 is 2.07 bits per heavy atom. The molecule has 3 rings (SSSR count). The zero-order valence-corrected chi connectivity index (χ0v) is 16.7. The highest BCUT2D eigenvalue weighted by atomic mass is 32.2. The fraction of sp³-hybridized carbons (Fsp3) is 0.350. The maximum absolute atomic E-state index is 12.8. The fourth-order valence-corrected chi connectivity index (χ4v) is 3.78. The van der Waals surface area contributed by atoms with Crippen LogP contribution in [-0.2, 0) is 17.9 Å². The van der Waals surface area contributed by atoms with Crippen molar-refractivity contribution in [2.75, 3.05) is 19.4 Å². The molecule has 1 amide bonds. The Morgan fingerprint density at radius 3 is 2.79 bits per heavy atom. The number of nitrogens with zero attached hydrogens (tertiary/aromatic N) is 3. The lowest BCUT2D eigenvalue weighted by Crippen LogP contribution is -2.29. The van der Waals surface area contributed by atoms with E-state index in [9.17, 15) is 9.59 Å². The number of para-hydroxylation sites is 1. The van der Waals surface area contributed by atoms with E-state index >= 15 is 0 Å². The molecule has 148 valence electrons. The number of benzene rings is 1. The summed E-state index contributed by atoms with van der Waals surface area (Å²) in [7, 11) is 1.72. The molecule has 0 aliphatic heterocycles. The first kappa shape index (κ1) is 20.2. The second-order valence-electron chi connectivity index (χ2n) is 6.50. The summed E-state index contributed by atoms with van der Waals surface area (Å²) in [6.07, 6.45) is 0.444. The van der Waals surface area contributed by atoms with Crippen molar-refractivity contribution in [1.82, 2.24) is 14.5 Å². The number of rotatable bonds is 8. The van der Waals surface area contributed by atoms with Crippen LogP contribution in [0.4, 0.5) is 0 Å². The molecule has 3 aromatic rings. The third-order valence-corrected chi connectivity index (χ3v) is 5.27. The molecule has 8 heteroatoms. The molecule has 2 heterocycles. The quantitative estimate of drug-likeness (QED) is 0.461. The zero-order chi connectivity index (χ0) is 20.1. The molecule has 0 aliphatic rings. The second-order valence-corrected chi connectivity index (χ2v) is 7.44. The van der Waals surface area contributed by atoms with Gasteiger partial charge in [0, 0.05) is 20.2 Å². The molecular formula is C20H23N3O4S.